The molecule has 1 aromatic carbocycles. The van der Waals surface area contributed by atoms with Crippen LogP contribution in [0.25, 0.3) is 0 Å². The second kappa shape index (κ2) is 8.63. The van der Waals surface area contributed by atoms with Crippen molar-refractivity contribution in [3.63, 3.8) is 0 Å². The van der Waals surface area contributed by atoms with E-state index in [9.17, 15) is 4.79 Å². The lowest BCUT2D eigenvalue weighted by atomic mass is 10.1. The summed E-state index contributed by atoms with van der Waals surface area (Å²) >= 11 is 3.34. The molecule has 0 heterocycles. The summed E-state index contributed by atoms with van der Waals surface area (Å²) in [5, 5.41) is 0. The Bertz CT molecular complexity index is 566. The van der Waals surface area contributed by atoms with Gasteiger partial charge in [-0.3, -0.25) is 9.69 Å². The zero-order valence-corrected chi connectivity index (χ0v) is 14.5. The van der Waals surface area contributed by atoms with Gasteiger partial charge >= 0.3 is 0 Å². The van der Waals surface area contributed by atoms with Crippen molar-refractivity contribution in [2.24, 2.45) is 0 Å². The quantitative estimate of drug-likeness (QED) is 0.417. The predicted molar refractivity (Wildman–Crippen MR) is 84.9 cm³/mol. The fourth-order valence-corrected chi connectivity index (χ4v) is 2.31. The van der Waals surface area contributed by atoms with Crippen LogP contribution in [-0.2, 0) is 9.47 Å². The molecule has 0 radical (unpaired) electrons. The summed E-state index contributed by atoms with van der Waals surface area (Å²) in [7, 11) is 5.88. The molecule has 0 unspecified atom stereocenters. The van der Waals surface area contributed by atoms with Gasteiger partial charge in [-0.1, -0.05) is 6.42 Å². The van der Waals surface area contributed by atoms with Crippen LogP contribution >= 0.6 is 15.9 Å². The number of benzene rings is 1. The van der Waals surface area contributed by atoms with Crippen molar-refractivity contribution < 1.29 is 23.7 Å². The number of halogens is 1. The summed E-state index contributed by atoms with van der Waals surface area (Å²) < 4.78 is 21.2. The van der Waals surface area contributed by atoms with Crippen LogP contribution in [-0.4, -0.2) is 52.1 Å². The highest BCUT2D eigenvalue weighted by Gasteiger charge is 2.26. The molecule has 0 aliphatic heterocycles. The molecule has 0 saturated heterocycles. The van der Waals surface area contributed by atoms with Gasteiger partial charge in [0.1, 0.15) is 5.56 Å². The molecule has 0 aliphatic rings. The van der Waals surface area contributed by atoms with Gasteiger partial charge in [-0.2, -0.15) is 0 Å². The first-order chi connectivity index (χ1) is 10.5. The monoisotopic (exact) mass is 371 g/mol. The Labute approximate surface area is 138 Å². The highest BCUT2D eigenvalue weighted by atomic mass is 79.9. The van der Waals surface area contributed by atoms with Gasteiger partial charge in [0.05, 0.1) is 20.8 Å². The first-order valence-electron chi connectivity index (χ1n) is 6.28. The van der Waals surface area contributed by atoms with E-state index in [4.69, 9.17) is 25.4 Å². The van der Waals surface area contributed by atoms with E-state index in [1.165, 1.54) is 28.4 Å². The van der Waals surface area contributed by atoms with E-state index < -0.39 is 12.2 Å². The van der Waals surface area contributed by atoms with Crippen molar-refractivity contribution in [1.29, 1.82) is 0 Å². The molecule has 0 aromatic heterocycles. The Balaban J connectivity index is 3.23. The lowest BCUT2D eigenvalue weighted by Gasteiger charge is -2.22. The molecule has 0 saturated carbocycles. The maximum Gasteiger partial charge on any atom is 0.270 e. The number of carbonyl (C=O) groups excluding carboxylic acids is 1. The van der Waals surface area contributed by atoms with Crippen molar-refractivity contribution in [3.05, 3.63) is 22.2 Å². The first kappa shape index (κ1) is 18.3. The van der Waals surface area contributed by atoms with Crippen molar-refractivity contribution >= 4 is 21.8 Å². The average molecular weight is 372 g/mol. The summed E-state index contributed by atoms with van der Waals surface area (Å²) in [5.74, 6) is 0.304. The smallest absolute Gasteiger partial charge is 0.270 e. The van der Waals surface area contributed by atoms with Crippen LogP contribution < -0.4 is 9.47 Å². The molecule has 0 atom stereocenters. The van der Waals surface area contributed by atoms with E-state index in [0.29, 0.717) is 16.0 Å². The molecule has 1 aromatic rings. The van der Waals surface area contributed by atoms with E-state index in [2.05, 4.69) is 22.0 Å². The lowest BCUT2D eigenvalue weighted by molar-refractivity contribution is -0.107. The number of ether oxygens (including phenoxy) is 4. The van der Waals surface area contributed by atoms with Crippen LogP contribution in [0.4, 0.5) is 0 Å². The predicted octanol–water partition coefficient (Wildman–Crippen LogP) is 2.12. The summed E-state index contributed by atoms with van der Waals surface area (Å²) in [4.78, 5) is 13.9. The van der Waals surface area contributed by atoms with Gasteiger partial charge in [0.25, 0.3) is 5.91 Å². The number of rotatable bonds is 7. The minimum Gasteiger partial charge on any atom is -0.493 e. The molecule has 0 N–H and O–H groups in total. The third-order valence-electron chi connectivity index (χ3n) is 2.97. The van der Waals surface area contributed by atoms with Crippen LogP contribution in [0, 0.1) is 12.5 Å². The van der Waals surface area contributed by atoms with Gasteiger partial charge in [-0.15, -0.1) is 0 Å². The van der Waals surface area contributed by atoms with Crippen molar-refractivity contribution in [2.45, 2.75) is 6.29 Å². The lowest BCUT2D eigenvalue weighted by Crippen LogP contribution is -2.36. The Morgan fingerprint density at radius 3 is 2.36 bits per heavy atom. The summed E-state index contributed by atoms with van der Waals surface area (Å²) in [6, 6.07) is 5.70. The zero-order chi connectivity index (χ0) is 16.7. The first-order valence-corrected chi connectivity index (χ1v) is 7.07. The minimum atomic E-state index is -0.629. The third-order valence-corrected chi connectivity index (χ3v) is 3.63. The SMILES string of the molecule is C#CN(CC(OC)OC)C(=O)c1c(Br)ccc(OC)c1OC. The Morgan fingerprint density at radius 2 is 1.91 bits per heavy atom. The van der Waals surface area contributed by atoms with E-state index in [-0.39, 0.29) is 12.1 Å². The Kier molecular flexibility index (Phi) is 7.18. The molecule has 0 fully saturated rings. The standard InChI is InChI=1S/C15H18BrNO5/c1-6-17(9-12(20-3)21-4)15(18)13-10(16)7-8-11(19-2)14(13)22-5/h1,7-8,12H,9H2,2-5H3. The highest BCUT2D eigenvalue weighted by Crippen LogP contribution is 2.36. The molecule has 0 aliphatic carbocycles. The molecule has 1 rings (SSSR count). The van der Waals surface area contributed by atoms with Crippen molar-refractivity contribution in [3.8, 4) is 24.0 Å². The second-order valence-electron chi connectivity index (χ2n) is 4.10. The number of nitrogens with zero attached hydrogens (tertiary/aromatic N) is 1. The average Bonchev–Trinajstić information content (AvgIpc) is 2.55. The topological polar surface area (TPSA) is 57.2 Å². The highest BCUT2D eigenvalue weighted by molar-refractivity contribution is 9.10. The van der Waals surface area contributed by atoms with Gasteiger partial charge in [0.2, 0.25) is 0 Å². The summed E-state index contributed by atoms with van der Waals surface area (Å²) in [6.07, 6.45) is 4.81. The molecule has 6 nitrogen and oxygen atoms in total. The Hall–Kier alpha value is -1.75. The largest absolute Gasteiger partial charge is 0.493 e. The van der Waals surface area contributed by atoms with Crippen molar-refractivity contribution in [2.75, 3.05) is 35.0 Å². The van der Waals surface area contributed by atoms with Gasteiger partial charge in [0, 0.05) is 24.7 Å². The van der Waals surface area contributed by atoms with Crippen LogP contribution in [0.2, 0.25) is 0 Å². The molecule has 120 valence electrons. The maximum absolute atomic E-state index is 12.7. The number of amides is 1. The maximum atomic E-state index is 12.7. The van der Waals surface area contributed by atoms with E-state index in [0.717, 1.165) is 4.90 Å². The van der Waals surface area contributed by atoms with E-state index >= 15 is 0 Å². The molecular weight excluding hydrogens is 354 g/mol. The van der Waals surface area contributed by atoms with Crippen LogP contribution in [0.3, 0.4) is 0 Å². The normalized spacial score (nSPS) is 10.2. The third kappa shape index (κ3) is 3.91. The van der Waals surface area contributed by atoms with Gasteiger partial charge in [0.15, 0.2) is 17.8 Å². The van der Waals surface area contributed by atoms with Crippen LogP contribution in [0.5, 0.6) is 11.5 Å². The summed E-state index contributed by atoms with van der Waals surface area (Å²) in [6.45, 7) is 0.0785. The van der Waals surface area contributed by atoms with Crippen LogP contribution in [0.1, 0.15) is 10.4 Å². The molecular formula is C15H18BrNO5. The molecule has 1 amide bonds. The number of hydrogen-bond acceptors (Lipinski definition) is 5. The molecule has 0 spiro atoms. The van der Waals surface area contributed by atoms with Crippen LogP contribution in [0.15, 0.2) is 16.6 Å². The number of methoxy groups -OCH3 is 4. The van der Waals surface area contributed by atoms with Gasteiger partial charge in [-0.25, -0.2) is 0 Å². The van der Waals surface area contributed by atoms with E-state index in [1.54, 1.807) is 12.1 Å². The fourth-order valence-electron chi connectivity index (χ4n) is 1.83. The zero-order valence-electron chi connectivity index (χ0n) is 12.9. The van der Waals surface area contributed by atoms with Gasteiger partial charge < -0.3 is 18.9 Å². The minimum absolute atomic E-state index is 0.0785. The fraction of sp³-hybridized carbons (Fsp3) is 0.400. The van der Waals surface area contributed by atoms with E-state index in [1.807, 2.05) is 0 Å². The molecule has 7 heteroatoms. The second-order valence-corrected chi connectivity index (χ2v) is 4.96. The van der Waals surface area contributed by atoms with Crippen molar-refractivity contribution in [1.82, 2.24) is 4.90 Å². The number of terminal acetylenes is 1. The summed E-state index contributed by atoms with van der Waals surface area (Å²) in [5.41, 5.74) is 0.269. The number of hydrogen-bond donors (Lipinski definition) is 0. The Morgan fingerprint density at radius 1 is 1.27 bits per heavy atom. The van der Waals surface area contributed by atoms with Gasteiger partial charge in [-0.05, 0) is 28.1 Å². The molecule has 0 bridgehead atoms. The number of carbonyl (C=O) groups is 1. The molecule has 22 heavy (non-hydrogen) atoms.